The van der Waals surface area contributed by atoms with E-state index in [0.717, 1.165) is 31.1 Å². The maximum absolute atomic E-state index is 12.1. The first kappa shape index (κ1) is 10.6. The minimum atomic E-state index is 0.203. The highest BCUT2D eigenvalue weighted by Gasteiger charge is 2.41. The topological polar surface area (TPSA) is 55.1 Å². The van der Waals surface area contributed by atoms with Crippen molar-refractivity contribution in [3.63, 3.8) is 0 Å². The highest BCUT2D eigenvalue weighted by Crippen LogP contribution is 2.44. The lowest BCUT2D eigenvalue weighted by atomic mass is 9.94. The number of nitrogens with one attached hydrogen (secondary N) is 1. The molecular formula is C13H22N2O. The first-order valence-corrected chi connectivity index (χ1v) is 6.78. The van der Waals surface area contributed by atoms with Crippen LogP contribution in [0.15, 0.2) is 0 Å². The van der Waals surface area contributed by atoms with Crippen LogP contribution in [0.3, 0.4) is 0 Å². The Morgan fingerprint density at radius 3 is 2.50 bits per heavy atom. The van der Waals surface area contributed by atoms with E-state index in [1.807, 2.05) is 0 Å². The maximum Gasteiger partial charge on any atom is 0.223 e. The fourth-order valence-corrected chi connectivity index (χ4v) is 3.98. The van der Waals surface area contributed by atoms with Gasteiger partial charge in [-0.05, 0) is 50.4 Å². The second-order valence-electron chi connectivity index (χ2n) is 6.06. The number of nitrogens with two attached hydrogens (primary N) is 1. The molecule has 5 unspecified atom stereocenters. The summed E-state index contributed by atoms with van der Waals surface area (Å²) in [6.45, 7) is 0. The SMILES string of the molecule is NC1CCC(C(=O)NC2CC3CCC2C3)C1. The Bertz CT molecular complexity index is 292. The first-order valence-electron chi connectivity index (χ1n) is 6.78. The van der Waals surface area contributed by atoms with E-state index in [4.69, 9.17) is 5.73 Å². The van der Waals surface area contributed by atoms with Crippen LogP contribution in [0.4, 0.5) is 0 Å². The number of fused-ring (bicyclic) bond motifs is 2. The average molecular weight is 222 g/mol. The van der Waals surface area contributed by atoms with E-state index in [9.17, 15) is 4.79 Å². The van der Waals surface area contributed by atoms with Crippen LogP contribution in [-0.2, 0) is 4.79 Å². The van der Waals surface area contributed by atoms with Crippen molar-refractivity contribution >= 4 is 5.91 Å². The minimum absolute atomic E-state index is 0.203. The van der Waals surface area contributed by atoms with Crippen molar-refractivity contribution in [2.24, 2.45) is 23.5 Å². The Morgan fingerprint density at radius 1 is 1.06 bits per heavy atom. The molecular weight excluding hydrogens is 200 g/mol. The maximum atomic E-state index is 12.1. The van der Waals surface area contributed by atoms with Crippen LogP contribution in [0.5, 0.6) is 0 Å². The molecule has 2 bridgehead atoms. The lowest BCUT2D eigenvalue weighted by molar-refractivity contribution is -0.125. The molecule has 1 amide bonds. The van der Waals surface area contributed by atoms with Gasteiger partial charge in [-0.15, -0.1) is 0 Å². The van der Waals surface area contributed by atoms with Gasteiger partial charge in [-0.1, -0.05) is 6.42 Å². The van der Waals surface area contributed by atoms with Crippen molar-refractivity contribution in [2.75, 3.05) is 0 Å². The molecule has 3 N–H and O–H groups in total. The van der Waals surface area contributed by atoms with E-state index in [0.29, 0.717) is 6.04 Å². The summed E-state index contributed by atoms with van der Waals surface area (Å²) >= 11 is 0. The fourth-order valence-electron chi connectivity index (χ4n) is 3.98. The monoisotopic (exact) mass is 222 g/mol. The summed E-state index contributed by atoms with van der Waals surface area (Å²) in [6.07, 6.45) is 8.23. The van der Waals surface area contributed by atoms with Gasteiger partial charge in [0.1, 0.15) is 0 Å². The molecule has 3 nitrogen and oxygen atoms in total. The van der Waals surface area contributed by atoms with Gasteiger partial charge < -0.3 is 11.1 Å². The molecule has 16 heavy (non-hydrogen) atoms. The van der Waals surface area contributed by atoms with Crippen LogP contribution in [0.25, 0.3) is 0 Å². The predicted octanol–water partition coefficient (Wildman–Crippen LogP) is 1.42. The van der Waals surface area contributed by atoms with Crippen LogP contribution in [0.1, 0.15) is 44.9 Å². The molecule has 3 aliphatic rings. The van der Waals surface area contributed by atoms with Gasteiger partial charge in [-0.3, -0.25) is 4.79 Å². The summed E-state index contributed by atoms with van der Waals surface area (Å²) in [5.74, 6) is 2.17. The number of carbonyl (C=O) groups excluding carboxylic acids is 1. The Labute approximate surface area is 97.2 Å². The van der Waals surface area contributed by atoms with Crippen molar-refractivity contribution in [3.05, 3.63) is 0 Å². The lowest BCUT2D eigenvalue weighted by Crippen LogP contribution is -2.41. The van der Waals surface area contributed by atoms with Gasteiger partial charge in [0.05, 0.1) is 0 Å². The molecule has 0 aromatic heterocycles. The van der Waals surface area contributed by atoms with Crippen molar-refractivity contribution in [2.45, 2.75) is 57.0 Å². The Kier molecular flexibility index (Phi) is 2.66. The molecule has 0 heterocycles. The summed E-state index contributed by atoms with van der Waals surface area (Å²) in [4.78, 5) is 12.1. The van der Waals surface area contributed by atoms with Crippen molar-refractivity contribution in [1.29, 1.82) is 0 Å². The lowest BCUT2D eigenvalue weighted by Gasteiger charge is -2.24. The summed E-state index contributed by atoms with van der Waals surface area (Å²) in [6, 6.07) is 0.749. The minimum Gasteiger partial charge on any atom is -0.353 e. The summed E-state index contributed by atoms with van der Waals surface area (Å²) in [7, 11) is 0. The average Bonchev–Trinajstić information content (AvgIpc) is 2.92. The number of hydrogen-bond donors (Lipinski definition) is 2. The highest BCUT2D eigenvalue weighted by molar-refractivity contribution is 5.79. The van der Waals surface area contributed by atoms with E-state index in [1.54, 1.807) is 0 Å². The van der Waals surface area contributed by atoms with Crippen molar-refractivity contribution in [3.8, 4) is 0 Å². The zero-order valence-corrected chi connectivity index (χ0v) is 9.82. The zero-order chi connectivity index (χ0) is 11.1. The van der Waals surface area contributed by atoms with Crippen LogP contribution >= 0.6 is 0 Å². The largest absolute Gasteiger partial charge is 0.353 e. The van der Waals surface area contributed by atoms with E-state index in [1.165, 1.54) is 25.7 Å². The van der Waals surface area contributed by atoms with E-state index in [2.05, 4.69) is 5.32 Å². The molecule has 0 aromatic rings. The molecule has 3 fully saturated rings. The van der Waals surface area contributed by atoms with Crippen LogP contribution in [0.2, 0.25) is 0 Å². The number of hydrogen-bond acceptors (Lipinski definition) is 2. The van der Waals surface area contributed by atoms with Gasteiger partial charge in [0.2, 0.25) is 5.91 Å². The Hall–Kier alpha value is -0.570. The molecule has 0 spiro atoms. The van der Waals surface area contributed by atoms with E-state index >= 15 is 0 Å². The molecule has 3 heteroatoms. The second-order valence-corrected chi connectivity index (χ2v) is 6.06. The standard InChI is InChI=1S/C13H22N2O/c14-11-4-3-10(7-11)13(16)15-12-6-8-1-2-9(12)5-8/h8-12H,1-7,14H2,(H,15,16). The quantitative estimate of drug-likeness (QED) is 0.742. The van der Waals surface area contributed by atoms with Gasteiger partial charge in [0, 0.05) is 18.0 Å². The molecule has 90 valence electrons. The Balaban J connectivity index is 1.53. The van der Waals surface area contributed by atoms with E-state index in [-0.39, 0.29) is 17.9 Å². The third kappa shape index (κ3) is 1.86. The first-order chi connectivity index (χ1) is 7.72. The summed E-state index contributed by atoms with van der Waals surface area (Å²) < 4.78 is 0. The van der Waals surface area contributed by atoms with Gasteiger partial charge in [-0.2, -0.15) is 0 Å². The molecule has 0 radical (unpaired) electrons. The molecule has 3 saturated carbocycles. The summed E-state index contributed by atoms with van der Waals surface area (Å²) in [5.41, 5.74) is 5.85. The van der Waals surface area contributed by atoms with E-state index < -0.39 is 0 Å². The fraction of sp³-hybridized carbons (Fsp3) is 0.923. The Morgan fingerprint density at radius 2 is 1.94 bits per heavy atom. The molecule has 5 atom stereocenters. The number of amides is 1. The predicted molar refractivity (Wildman–Crippen MR) is 62.7 cm³/mol. The normalized spacial score (nSPS) is 46.2. The highest BCUT2D eigenvalue weighted by atomic mass is 16.1. The smallest absolute Gasteiger partial charge is 0.223 e. The summed E-state index contributed by atoms with van der Waals surface area (Å²) in [5, 5.41) is 3.28. The zero-order valence-electron chi connectivity index (χ0n) is 9.82. The third-order valence-corrected chi connectivity index (χ3v) is 4.91. The van der Waals surface area contributed by atoms with Crippen molar-refractivity contribution < 1.29 is 4.79 Å². The van der Waals surface area contributed by atoms with Crippen molar-refractivity contribution in [1.82, 2.24) is 5.32 Å². The molecule has 0 saturated heterocycles. The van der Waals surface area contributed by atoms with Crippen LogP contribution in [-0.4, -0.2) is 18.0 Å². The van der Waals surface area contributed by atoms with Gasteiger partial charge in [0.15, 0.2) is 0 Å². The van der Waals surface area contributed by atoms with Gasteiger partial charge in [-0.25, -0.2) is 0 Å². The van der Waals surface area contributed by atoms with Crippen LogP contribution in [0, 0.1) is 17.8 Å². The number of rotatable bonds is 2. The van der Waals surface area contributed by atoms with Crippen LogP contribution < -0.4 is 11.1 Å². The second kappa shape index (κ2) is 4.02. The molecule has 0 aromatic carbocycles. The van der Waals surface area contributed by atoms with Gasteiger partial charge >= 0.3 is 0 Å². The third-order valence-electron chi connectivity index (χ3n) is 4.91. The molecule has 3 rings (SSSR count). The number of carbonyl (C=O) groups is 1. The molecule has 3 aliphatic carbocycles. The molecule has 0 aliphatic heterocycles. The van der Waals surface area contributed by atoms with Gasteiger partial charge in [0.25, 0.3) is 0 Å².